The molecule has 1 amide bonds. The van der Waals surface area contributed by atoms with Gasteiger partial charge in [0, 0.05) is 6.08 Å². The van der Waals surface area contributed by atoms with Gasteiger partial charge < -0.3 is 4.74 Å². The number of carbonyl (C=O) groups excluding carboxylic acids is 2. The summed E-state index contributed by atoms with van der Waals surface area (Å²) in [5.74, 6) is -0.978. The molecule has 1 saturated heterocycles. The Labute approximate surface area is 132 Å². The third kappa shape index (κ3) is 3.82. The molecule has 0 spiro atoms. The van der Waals surface area contributed by atoms with E-state index in [2.05, 4.69) is 20.3 Å². The third-order valence-electron chi connectivity index (χ3n) is 3.09. The van der Waals surface area contributed by atoms with E-state index in [0.29, 0.717) is 5.17 Å². The molecule has 1 aliphatic rings. The SMILES string of the molecule is COC(=O)/C=C1/S/C(=N\N=Cc2cccc(C)c2C)NC1=O. The van der Waals surface area contributed by atoms with E-state index in [-0.39, 0.29) is 4.91 Å². The van der Waals surface area contributed by atoms with Gasteiger partial charge >= 0.3 is 5.97 Å². The molecule has 2 rings (SSSR count). The first-order chi connectivity index (χ1) is 10.5. The minimum atomic E-state index is -0.585. The van der Waals surface area contributed by atoms with Crippen molar-refractivity contribution in [3.63, 3.8) is 0 Å². The molecule has 0 aromatic heterocycles. The van der Waals surface area contributed by atoms with Crippen LogP contribution in [0.3, 0.4) is 0 Å². The zero-order chi connectivity index (χ0) is 16.1. The van der Waals surface area contributed by atoms with Crippen LogP contribution in [0.15, 0.2) is 39.4 Å². The third-order valence-corrected chi connectivity index (χ3v) is 3.99. The number of methoxy groups -OCH3 is 1. The molecule has 0 aliphatic carbocycles. The number of amides is 1. The van der Waals surface area contributed by atoms with Gasteiger partial charge in [-0.1, -0.05) is 18.2 Å². The lowest BCUT2D eigenvalue weighted by atomic mass is 10.0. The topological polar surface area (TPSA) is 80.1 Å². The lowest BCUT2D eigenvalue weighted by Crippen LogP contribution is -2.19. The molecule has 0 unspecified atom stereocenters. The van der Waals surface area contributed by atoms with Crippen LogP contribution in [0.4, 0.5) is 0 Å². The average Bonchev–Trinajstić information content (AvgIpc) is 2.83. The Balaban J connectivity index is 2.10. The molecule has 0 radical (unpaired) electrons. The molecule has 1 heterocycles. The molecule has 1 fully saturated rings. The van der Waals surface area contributed by atoms with E-state index in [1.165, 1.54) is 12.7 Å². The van der Waals surface area contributed by atoms with Gasteiger partial charge in [-0.05, 0) is 42.3 Å². The first-order valence-corrected chi connectivity index (χ1v) is 7.29. The van der Waals surface area contributed by atoms with E-state index in [0.717, 1.165) is 29.0 Å². The van der Waals surface area contributed by atoms with Crippen LogP contribution in [0, 0.1) is 13.8 Å². The van der Waals surface area contributed by atoms with E-state index in [1.54, 1.807) is 6.21 Å². The Bertz CT molecular complexity index is 708. The molecule has 1 aliphatic heterocycles. The Morgan fingerprint density at radius 3 is 2.86 bits per heavy atom. The Hall–Kier alpha value is -2.41. The van der Waals surface area contributed by atoms with E-state index < -0.39 is 11.9 Å². The van der Waals surface area contributed by atoms with Crippen molar-refractivity contribution >= 4 is 35.0 Å². The number of hydrogen-bond acceptors (Lipinski definition) is 6. The van der Waals surface area contributed by atoms with E-state index in [9.17, 15) is 9.59 Å². The monoisotopic (exact) mass is 317 g/mol. The standard InChI is InChI=1S/C15H15N3O3S/c1-9-5-4-6-11(10(9)2)8-16-18-15-17-14(20)12(22-15)7-13(19)21-3/h4-8H,1-3H3,(H,17,18,20)/b12-7+,16-8?. The van der Waals surface area contributed by atoms with Gasteiger partial charge in [0.15, 0.2) is 5.17 Å². The molecule has 0 bridgehead atoms. The fourth-order valence-corrected chi connectivity index (χ4v) is 2.44. The summed E-state index contributed by atoms with van der Waals surface area (Å²) in [6, 6.07) is 5.91. The van der Waals surface area contributed by atoms with Gasteiger partial charge in [0.1, 0.15) is 0 Å². The Morgan fingerprint density at radius 2 is 2.14 bits per heavy atom. The van der Waals surface area contributed by atoms with Gasteiger partial charge in [-0.15, -0.1) is 5.10 Å². The molecule has 0 atom stereocenters. The summed E-state index contributed by atoms with van der Waals surface area (Å²) in [6.45, 7) is 4.03. The maximum atomic E-state index is 11.6. The van der Waals surface area contributed by atoms with Gasteiger partial charge in [0.25, 0.3) is 5.91 Å². The van der Waals surface area contributed by atoms with E-state index in [1.807, 2.05) is 32.0 Å². The number of aryl methyl sites for hydroxylation is 1. The summed E-state index contributed by atoms with van der Waals surface area (Å²) in [6.07, 6.45) is 2.75. The van der Waals surface area contributed by atoms with Crippen LogP contribution in [0.25, 0.3) is 0 Å². The number of carbonyl (C=O) groups is 2. The molecule has 7 heteroatoms. The molecule has 114 valence electrons. The van der Waals surface area contributed by atoms with Crippen LogP contribution >= 0.6 is 11.8 Å². The zero-order valence-electron chi connectivity index (χ0n) is 12.4. The van der Waals surface area contributed by atoms with Gasteiger partial charge in [0.2, 0.25) is 0 Å². The van der Waals surface area contributed by atoms with Crippen molar-refractivity contribution in [3.05, 3.63) is 45.9 Å². The maximum Gasteiger partial charge on any atom is 0.331 e. The molecule has 22 heavy (non-hydrogen) atoms. The van der Waals surface area contributed by atoms with E-state index >= 15 is 0 Å². The smallest absolute Gasteiger partial charge is 0.331 e. The van der Waals surface area contributed by atoms with Crippen molar-refractivity contribution in [2.75, 3.05) is 7.11 Å². The minimum absolute atomic E-state index is 0.229. The zero-order valence-corrected chi connectivity index (χ0v) is 13.2. The van der Waals surface area contributed by atoms with Crippen LogP contribution in [-0.4, -0.2) is 30.4 Å². The average molecular weight is 317 g/mol. The second-order valence-corrected chi connectivity index (χ2v) is 5.56. The lowest BCUT2D eigenvalue weighted by Gasteiger charge is -2.01. The predicted octanol–water partition coefficient (Wildman–Crippen LogP) is 1.91. The largest absolute Gasteiger partial charge is 0.466 e. The predicted molar refractivity (Wildman–Crippen MR) is 86.8 cm³/mol. The summed E-state index contributed by atoms with van der Waals surface area (Å²) < 4.78 is 4.48. The van der Waals surface area contributed by atoms with Crippen molar-refractivity contribution in [2.45, 2.75) is 13.8 Å². The van der Waals surface area contributed by atoms with Gasteiger partial charge in [-0.25, -0.2) is 4.79 Å². The van der Waals surface area contributed by atoms with E-state index in [4.69, 9.17) is 0 Å². The minimum Gasteiger partial charge on any atom is -0.466 e. The summed E-state index contributed by atoms with van der Waals surface area (Å²) in [4.78, 5) is 23.0. The molecule has 1 aromatic carbocycles. The van der Waals surface area contributed by atoms with Crippen LogP contribution < -0.4 is 5.32 Å². The second-order valence-electron chi connectivity index (χ2n) is 4.53. The van der Waals surface area contributed by atoms with Crippen LogP contribution in [0.1, 0.15) is 16.7 Å². The number of nitrogens with one attached hydrogen (secondary N) is 1. The summed E-state index contributed by atoms with van der Waals surface area (Å²) in [5.41, 5.74) is 3.26. The van der Waals surface area contributed by atoms with Crippen LogP contribution in [-0.2, 0) is 14.3 Å². The normalized spacial score (nSPS) is 18.2. The van der Waals surface area contributed by atoms with Gasteiger partial charge in [-0.3, -0.25) is 10.1 Å². The first kappa shape index (κ1) is 16.0. The molecule has 0 saturated carbocycles. The Morgan fingerprint density at radius 1 is 1.36 bits per heavy atom. The Kier molecular flexibility index (Phi) is 5.11. The summed E-state index contributed by atoms with van der Waals surface area (Å²) in [5, 5.41) is 10.8. The van der Waals surface area contributed by atoms with Gasteiger partial charge in [-0.2, -0.15) is 5.10 Å². The highest BCUT2D eigenvalue weighted by atomic mass is 32.2. The fraction of sp³-hybridized carbons (Fsp3) is 0.200. The summed E-state index contributed by atoms with van der Waals surface area (Å²) in [7, 11) is 1.25. The van der Waals surface area contributed by atoms with Crippen molar-refractivity contribution in [2.24, 2.45) is 10.2 Å². The number of hydrogen-bond donors (Lipinski definition) is 1. The summed E-state index contributed by atoms with van der Waals surface area (Å²) >= 11 is 1.04. The lowest BCUT2D eigenvalue weighted by molar-refractivity contribution is -0.135. The van der Waals surface area contributed by atoms with Crippen molar-refractivity contribution in [3.8, 4) is 0 Å². The number of rotatable bonds is 3. The first-order valence-electron chi connectivity index (χ1n) is 6.47. The number of esters is 1. The quantitative estimate of drug-likeness (QED) is 0.400. The van der Waals surface area contributed by atoms with Crippen LogP contribution in [0.2, 0.25) is 0 Å². The maximum absolute atomic E-state index is 11.6. The number of benzene rings is 1. The van der Waals surface area contributed by atoms with Crippen molar-refractivity contribution in [1.29, 1.82) is 0 Å². The number of nitrogens with zero attached hydrogens (tertiary/aromatic N) is 2. The highest BCUT2D eigenvalue weighted by Crippen LogP contribution is 2.23. The van der Waals surface area contributed by atoms with Crippen molar-refractivity contribution < 1.29 is 14.3 Å². The van der Waals surface area contributed by atoms with Gasteiger partial charge in [0.05, 0.1) is 18.2 Å². The number of thioether (sulfide) groups is 1. The van der Waals surface area contributed by atoms with Crippen molar-refractivity contribution in [1.82, 2.24) is 5.32 Å². The van der Waals surface area contributed by atoms with Crippen LogP contribution in [0.5, 0.6) is 0 Å². The highest BCUT2D eigenvalue weighted by Gasteiger charge is 2.24. The number of ether oxygens (including phenoxy) is 1. The molecular formula is C15H15N3O3S. The number of amidine groups is 1. The fourth-order valence-electron chi connectivity index (χ4n) is 1.70. The second kappa shape index (κ2) is 7.04. The highest BCUT2D eigenvalue weighted by molar-refractivity contribution is 8.18. The molecule has 1 N–H and O–H groups in total. The molecule has 1 aromatic rings. The molecular weight excluding hydrogens is 302 g/mol. The molecule has 6 nitrogen and oxygen atoms in total.